The van der Waals surface area contributed by atoms with Crippen molar-refractivity contribution in [1.82, 2.24) is 10.2 Å². The molecule has 2 N–H and O–H groups in total. The number of nitrogens with one attached hydrogen (secondary N) is 2. The highest BCUT2D eigenvalue weighted by Crippen LogP contribution is 2.20. The SMILES string of the molecule is COC(=O)c1cccc(NCc2cn[nH]c2C)c1C. The number of ether oxygens (including phenoxy) is 1. The second-order valence-electron chi connectivity index (χ2n) is 4.34. The first-order valence-electron chi connectivity index (χ1n) is 6.04. The number of aromatic amines is 1. The highest BCUT2D eigenvalue weighted by Gasteiger charge is 2.11. The minimum Gasteiger partial charge on any atom is -0.465 e. The maximum atomic E-state index is 11.6. The summed E-state index contributed by atoms with van der Waals surface area (Å²) in [4.78, 5) is 11.6. The number of carbonyl (C=O) groups is 1. The average Bonchev–Trinajstić information content (AvgIpc) is 2.82. The van der Waals surface area contributed by atoms with Crippen molar-refractivity contribution in [3.05, 3.63) is 46.8 Å². The summed E-state index contributed by atoms with van der Waals surface area (Å²) in [5, 5.41) is 10.2. The van der Waals surface area contributed by atoms with Crippen LogP contribution in [0.3, 0.4) is 0 Å². The van der Waals surface area contributed by atoms with E-state index in [1.54, 1.807) is 12.3 Å². The molecule has 0 unspecified atom stereocenters. The fourth-order valence-electron chi connectivity index (χ4n) is 1.90. The maximum absolute atomic E-state index is 11.6. The topological polar surface area (TPSA) is 67.0 Å². The molecule has 1 aromatic carbocycles. The average molecular weight is 259 g/mol. The van der Waals surface area contributed by atoms with Crippen LogP contribution in [0.15, 0.2) is 24.4 Å². The first-order chi connectivity index (χ1) is 9.13. The summed E-state index contributed by atoms with van der Waals surface area (Å²) in [7, 11) is 1.39. The number of aryl methyl sites for hydroxylation is 1. The predicted octanol–water partition coefficient (Wildman–Crippen LogP) is 2.43. The van der Waals surface area contributed by atoms with Crippen LogP contribution < -0.4 is 5.32 Å². The number of hydrogen-bond donors (Lipinski definition) is 2. The van der Waals surface area contributed by atoms with Crippen LogP contribution in [-0.2, 0) is 11.3 Å². The van der Waals surface area contributed by atoms with Gasteiger partial charge in [-0.1, -0.05) is 6.07 Å². The second kappa shape index (κ2) is 5.56. The van der Waals surface area contributed by atoms with Gasteiger partial charge in [0.2, 0.25) is 0 Å². The smallest absolute Gasteiger partial charge is 0.338 e. The van der Waals surface area contributed by atoms with Crippen LogP contribution in [0.2, 0.25) is 0 Å². The van der Waals surface area contributed by atoms with E-state index in [1.165, 1.54) is 7.11 Å². The zero-order valence-corrected chi connectivity index (χ0v) is 11.3. The highest BCUT2D eigenvalue weighted by atomic mass is 16.5. The van der Waals surface area contributed by atoms with Crippen molar-refractivity contribution in [1.29, 1.82) is 0 Å². The van der Waals surface area contributed by atoms with Crippen molar-refractivity contribution < 1.29 is 9.53 Å². The number of rotatable bonds is 4. The number of anilines is 1. The van der Waals surface area contributed by atoms with Crippen molar-refractivity contribution in [3.63, 3.8) is 0 Å². The third kappa shape index (κ3) is 2.76. The van der Waals surface area contributed by atoms with Crippen LogP contribution in [0, 0.1) is 13.8 Å². The first kappa shape index (κ1) is 13.1. The van der Waals surface area contributed by atoms with Gasteiger partial charge in [0, 0.05) is 23.5 Å². The van der Waals surface area contributed by atoms with Crippen molar-refractivity contribution >= 4 is 11.7 Å². The van der Waals surface area contributed by atoms with Crippen LogP contribution in [0.5, 0.6) is 0 Å². The molecular formula is C14H17N3O2. The number of methoxy groups -OCH3 is 1. The van der Waals surface area contributed by atoms with Gasteiger partial charge in [-0.25, -0.2) is 4.79 Å². The summed E-state index contributed by atoms with van der Waals surface area (Å²) in [6.45, 7) is 4.53. The lowest BCUT2D eigenvalue weighted by atomic mass is 10.1. The molecule has 5 heteroatoms. The van der Waals surface area contributed by atoms with E-state index >= 15 is 0 Å². The minimum absolute atomic E-state index is 0.319. The van der Waals surface area contributed by atoms with Crippen molar-refractivity contribution in [2.24, 2.45) is 0 Å². The van der Waals surface area contributed by atoms with Crippen LogP contribution in [0.4, 0.5) is 5.69 Å². The van der Waals surface area contributed by atoms with Gasteiger partial charge in [0.25, 0.3) is 0 Å². The Balaban J connectivity index is 2.17. The zero-order chi connectivity index (χ0) is 13.8. The maximum Gasteiger partial charge on any atom is 0.338 e. The third-order valence-electron chi connectivity index (χ3n) is 3.14. The molecule has 0 fully saturated rings. The summed E-state index contributed by atoms with van der Waals surface area (Å²) in [6.07, 6.45) is 1.79. The van der Waals surface area contributed by atoms with E-state index < -0.39 is 0 Å². The summed E-state index contributed by atoms with van der Waals surface area (Å²) < 4.78 is 4.76. The van der Waals surface area contributed by atoms with Gasteiger partial charge in [-0.05, 0) is 31.5 Å². The molecule has 19 heavy (non-hydrogen) atoms. The molecule has 2 rings (SSSR count). The Hall–Kier alpha value is -2.30. The molecule has 5 nitrogen and oxygen atoms in total. The van der Waals surface area contributed by atoms with Crippen molar-refractivity contribution in [2.75, 3.05) is 12.4 Å². The summed E-state index contributed by atoms with van der Waals surface area (Å²) in [6, 6.07) is 5.54. The molecular weight excluding hydrogens is 242 g/mol. The molecule has 0 radical (unpaired) electrons. The number of carbonyl (C=O) groups excluding carboxylic acids is 1. The normalized spacial score (nSPS) is 10.3. The van der Waals surface area contributed by atoms with E-state index in [-0.39, 0.29) is 5.97 Å². The number of esters is 1. The molecule has 0 spiro atoms. The van der Waals surface area contributed by atoms with E-state index in [0.717, 1.165) is 22.5 Å². The van der Waals surface area contributed by atoms with Crippen LogP contribution in [-0.4, -0.2) is 23.3 Å². The van der Waals surface area contributed by atoms with Gasteiger partial charge < -0.3 is 10.1 Å². The fraction of sp³-hybridized carbons (Fsp3) is 0.286. The molecule has 0 saturated heterocycles. The molecule has 0 atom stereocenters. The molecule has 0 aliphatic carbocycles. The number of nitrogens with zero attached hydrogens (tertiary/aromatic N) is 1. The second-order valence-corrected chi connectivity index (χ2v) is 4.34. The predicted molar refractivity (Wildman–Crippen MR) is 73.2 cm³/mol. The van der Waals surface area contributed by atoms with E-state index in [2.05, 4.69) is 15.5 Å². The summed E-state index contributed by atoms with van der Waals surface area (Å²) in [5.74, 6) is -0.319. The first-order valence-corrected chi connectivity index (χ1v) is 6.04. The number of aromatic nitrogens is 2. The van der Waals surface area contributed by atoms with E-state index in [9.17, 15) is 4.79 Å². The number of H-pyrrole nitrogens is 1. The van der Waals surface area contributed by atoms with Gasteiger partial charge in [0.15, 0.2) is 0 Å². The Morgan fingerprint density at radius 3 is 2.84 bits per heavy atom. The molecule has 0 aliphatic rings. The van der Waals surface area contributed by atoms with Gasteiger partial charge in [0.05, 0.1) is 18.9 Å². The van der Waals surface area contributed by atoms with E-state index in [0.29, 0.717) is 12.1 Å². The quantitative estimate of drug-likeness (QED) is 0.827. The molecule has 1 aromatic heterocycles. The molecule has 1 heterocycles. The lowest BCUT2D eigenvalue weighted by Crippen LogP contribution is -2.07. The van der Waals surface area contributed by atoms with E-state index in [4.69, 9.17) is 4.74 Å². The number of hydrogen-bond acceptors (Lipinski definition) is 4. The van der Waals surface area contributed by atoms with Crippen LogP contribution in [0.25, 0.3) is 0 Å². The van der Waals surface area contributed by atoms with Crippen molar-refractivity contribution in [2.45, 2.75) is 20.4 Å². The van der Waals surface area contributed by atoms with Gasteiger partial charge in [-0.2, -0.15) is 5.10 Å². The van der Waals surface area contributed by atoms with Gasteiger partial charge >= 0.3 is 5.97 Å². The molecule has 0 aliphatic heterocycles. The Morgan fingerprint density at radius 2 is 2.21 bits per heavy atom. The lowest BCUT2D eigenvalue weighted by molar-refractivity contribution is 0.0600. The molecule has 2 aromatic rings. The van der Waals surface area contributed by atoms with Crippen molar-refractivity contribution in [3.8, 4) is 0 Å². The van der Waals surface area contributed by atoms with Gasteiger partial charge in [-0.15, -0.1) is 0 Å². The van der Waals surface area contributed by atoms with Gasteiger partial charge in [-0.3, -0.25) is 5.10 Å². The summed E-state index contributed by atoms with van der Waals surface area (Å²) in [5.41, 5.74) is 4.52. The van der Waals surface area contributed by atoms with E-state index in [1.807, 2.05) is 26.0 Å². The molecule has 0 bridgehead atoms. The van der Waals surface area contributed by atoms with Gasteiger partial charge in [0.1, 0.15) is 0 Å². The number of benzene rings is 1. The van der Waals surface area contributed by atoms with Crippen LogP contribution >= 0.6 is 0 Å². The molecule has 0 saturated carbocycles. The standard InChI is InChI=1S/C14H17N3O2/c1-9-12(14(18)19-3)5-4-6-13(9)15-7-11-8-16-17-10(11)2/h4-6,8,15H,7H2,1-3H3,(H,16,17). The zero-order valence-electron chi connectivity index (χ0n) is 11.3. The monoisotopic (exact) mass is 259 g/mol. The lowest BCUT2D eigenvalue weighted by Gasteiger charge is -2.12. The Bertz CT molecular complexity index is 590. The Kier molecular flexibility index (Phi) is 3.85. The molecule has 0 amide bonds. The fourth-order valence-corrected chi connectivity index (χ4v) is 1.90. The summed E-state index contributed by atoms with van der Waals surface area (Å²) >= 11 is 0. The molecule has 100 valence electrons. The largest absolute Gasteiger partial charge is 0.465 e. The van der Waals surface area contributed by atoms with Crippen LogP contribution in [0.1, 0.15) is 27.2 Å². The third-order valence-corrected chi connectivity index (χ3v) is 3.14. The minimum atomic E-state index is -0.319. The highest BCUT2D eigenvalue weighted by molar-refractivity contribution is 5.92. The Labute approximate surface area is 112 Å². The Morgan fingerprint density at radius 1 is 1.42 bits per heavy atom.